The third kappa shape index (κ3) is 3.01. The highest BCUT2D eigenvalue weighted by Gasteiger charge is 2.36. The van der Waals surface area contributed by atoms with Crippen molar-refractivity contribution < 1.29 is 0 Å². The maximum atomic E-state index is 4.21. The summed E-state index contributed by atoms with van der Waals surface area (Å²) in [6.45, 7) is 8.73. The summed E-state index contributed by atoms with van der Waals surface area (Å²) in [6, 6.07) is 0. The molecular formula is C14H26N6. The number of aryl methyl sites for hydroxylation is 1. The highest BCUT2D eigenvalue weighted by Crippen LogP contribution is 2.36. The lowest BCUT2D eigenvalue weighted by Crippen LogP contribution is -2.50. The van der Waals surface area contributed by atoms with E-state index >= 15 is 0 Å². The van der Waals surface area contributed by atoms with Crippen LogP contribution in [0.25, 0.3) is 0 Å². The van der Waals surface area contributed by atoms with Gasteiger partial charge in [-0.25, -0.2) is 4.68 Å². The average molecular weight is 278 g/mol. The quantitative estimate of drug-likeness (QED) is 0.892. The fourth-order valence-corrected chi connectivity index (χ4v) is 3.75. The molecule has 3 heterocycles. The lowest BCUT2D eigenvalue weighted by molar-refractivity contribution is 0.0576. The number of tetrazole rings is 1. The monoisotopic (exact) mass is 278 g/mol. The van der Waals surface area contributed by atoms with Gasteiger partial charge >= 0.3 is 0 Å². The van der Waals surface area contributed by atoms with Crippen LogP contribution in [0.4, 0.5) is 0 Å². The Morgan fingerprint density at radius 3 is 3.00 bits per heavy atom. The number of likely N-dealkylation sites (tertiary alicyclic amines) is 1. The first-order valence-electron chi connectivity index (χ1n) is 7.99. The van der Waals surface area contributed by atoms with E-state index in [2.05, 4.69) is 32.7 Å². The minimum Gasteiger partial charge on any atom is -0.316 e. The number of piperidine rings is 2. The standard InChI is InChI=1S/C14H26N6/c1-2-8-20-13(16-17-18-20)10-19-9-4-6-14(12-19)5-3-7-15-11-14/h15H,2-12H2,1H3. The molecule has 2 aliphatic heterocycles. The van der Waals surface area contributed by atoms with Crippen LogP contribution in [-0.4, -0.2) is 51.3 Å². The molecule has 2 fully saturated rings. The highest BCUT2D eigenvalue weighted by molar-refractivity contribution is 4.93. The molecule has 2 aliphatic rings. The lowest BCUT2D eigenvalue weighted by atomic mass is 9.74. The van der Waals surface area contributed by atoms with E-state index in [9.17, 15) is 0 Å². The smallest absolute Gasteiger partial charge is 0.165 e. The molecule has 1 spiro atoms. The molecule has 1 aromatic rings. The number of nitrogens with one attached hydrogen (secondary N) is 1. The normalized spacial score (nSPS) is 28.1. The van der Waals surface area contributed by atoms with Crippen molar-refractivity contribution in [2.75, 3.05) is 26.2 Å². The predicted octanol–water partition coefficient (Wildman–Crippen LogP) is 1.05. The summed E-state index contributed by atoms with van der Waals surface area (Å²) in [5, 5.41) is 15.7. The van der Waals surface area contributed by atoms with Crippen molar-refractivity contribution in [1.29, 1.82) is 0 Å². The third-order valence-corrected chi connectivity index (χ3v) is 4.71. The van der Waals surface area contributed by atoms with E-state index in [1.807, 2.05) is 4.68 Å². The van der Waals surface area contributed by atoms with Crippen molar-refractivity contribution in [2.45, 2.75) is 52.1 Å². The van der Waals surface area contributed by atoms with E-state index < -0.39 is 0 Å². The van der Waals surface area contributed by atoms with Crippen LogP contribution in [0.5, 0.6) is 0 Å². The molecule has 0 bridgehead atoms. The van der Waals surface area contributed by atoms with Gasteiger partial charge in [-0.05, 0) is 61.0 Å². The van der Waals surface area contributed by atoms with Crippen molar-refractivity contribution in [3.8, 4) is 0 Å². The van der Waals surface area contributed by atoms with Gasteiger partial charge in [0.1, 0.15) is 0 Å². The van der Waals surface area contributed by atoms with Crippen LogP contribution in [0.1, 0.15) is 44.9 Å². The van der Waals surface area contributed by atoms with Crippen molar-refractivity contribution in [1.82, 2.24) is 30.4 Å². The molecule has 112 valence electrons. The Hall–Kier alpha value is -1.01. The number of hydrogen-bond donors (Lipinski definition) is 1. The number of hydrogen-bond acceptors (Lipinski definition) is 5. The molecule has 0 radical (unpaired) electrons. The molecule has 6 nitrogen and oxygen atoms in total. The molecule has 2 saturated heterocycles. The fourth-order valence-electron chi connectivity index (χ4n) is 3.75. The Morgan fingerprint density at radius 2 is 2.20 bits per heavy atom. The summed E-state index contributed by atoms with van der Waals surface area (Å²) in [6.07, 6.45) is 6.44. The summed E-state index contributed by atoms with van der Waals surface area (Å²) in [4.78, 5) is 2.55. The van der Waals surface area contributed by atoms with Gasteiger partial charge in [0.05, 0.1) is 6.54 Å². The van der Waals surface area contributed by atoms with E-state index in [-0.39, 0.29) is 0 Å². The first-order chi connectivity index (χ1) is 9.81. The summed E-state index contributed by atoms with van der Waals surface area (Å²) >= 11 is 0. The summed E-state index contributed by atoms with van der Waals surface area (Å²) in [5.74, 6) is 1.02. The van der Waals surface area contributed by atoms with Gasteiger partial charge in [0.2, 0.25) is 0 Å². The molecule has 1 N–H and O–H groups in total. The van der Waals surface area contributed by atoms with Gasteiger partial charge in [0.25, 0.3) is 0 Å². The van der Waals surface area contributed by atoms with Gasteiger partial charge in [-0.15, -0.1) is 5.10 Å². The van der Waals surface area contributed by atoms with Crippen molar-refractivity contribution in [3.05, 3.63) is 5.82 Å². The van der Waals surface area contributed by atoms with E-state index in [0.29, 0.717) is 5.41 Å². The largest absolute Gasteiger partial charge is 0.316 e. The van der Waals surface area contributed by atoms with E-state index in [1.165, 1.54) is 51.9 Å². The van der Waals surface area contributed by atoms with Gasteiger partial charge < -0.3 is 5.32 Å². The Bertz CT molecular complexity index is 418. The molecule has 0 amide bonds. The molecule has 3 rings (SSSR count). The zero-order chi connectivity index (χ0) is 13.8. The second kappa shape index (κ2) is 6.18. The van der Waals surface area contributed by atoms with Gasteiger partial charge in [-0.2, -0.15) is 0 Å². The molecule has 1 unspecified atom stereocenters. The van der Waals surface area contributed by atoms with Gasteiger partial charge in [-0.3, -0.25) is 4.90 Å². The molecule has 0 saturated carbocycles. The van der Waals surface area contributed by atoms with Crippen LogP contribution < -0.4 is 5.32 Å². The Morgan fingerprint density at radius 1 is 1.30 bits per heavy atom. The maximum absolute atomic E-state index is 4.21. The molecular weight excluding hydrogens is 252 g/mol. The number of nitrogens with zero attached hydrogens (tertiary/aromatic N) is 5. The minimum absolute atomic E-state index is 0.500. The van der Waals surface area contributed by atoms with E-state index in [1.54, 1.807) is 0 Å². The maximum Gasteiger partial charge on any atom is 0.165 e. The second-order valence-corrected chi connectivity index (χ2v) is 6.41. The average Bonchev–Trinajstić information content (AvgIpc) is 2.88. The van der Waals surface area contributed by atoms with E-state index in [4.69, 9.17) is 0 Å². The second-order valence-electron chi connectivity index (χ2n) is 6.41. The molecule has 0 aromatic carbocycles. The molecule has 1 atom stereocenters. The van der Waals surface area contributed by atoms with Crippen LogP contribution in [0.2, 0.25) is 0 Å². The zero-order valence-electron chi connectivity index (χ0n) is 12.5. The van der Waals surface area contributed by atoms with E-state index in [0.717, 1.165) is 25.3 Å². The summed E-state index contributed by atoms with van der Waals surface area (Å²) in [7, 11) is 0. The van der Waals surface area contributed by atoms with Gasteiger partial charge in [-0.1, -0.05) is 6.92 Å². The van der Waals surface area contributed by atoms with Gasteiger partial charge in [0.15, 0.2) is 5.82 Å². The number of rotatable bonds is 4. The lowest BCUT2D eigenvalue weighted by Gasteiger charge is -2.45. The zero-order valence-corrected chi connectivity index (χ0v) is 12.5. The molecule has 1 aromatic heterocycles. The summed E-state index contributed by atoms with van der Waals surface area (Å²) in [5.41, 5.74) is 0.500. The minimum atomic E-state index is 0.500. The SMILES string of the molecule is CCCn1nnnc1CN1CCCC2(CCCNC2)C1. The van der Waals surface area contributed by atoms with Gasteiger partial charge in [0, 0.05) is 19.6 Å². The molecule has 6 heteroatoms. The third-order valence-electron chi connectivity index (χ3n) is 4.71. The van der Waals surface area contributed by atoms with Crippen LogP contribution in [0.15, 0.2) is 0 Å². The summed E-state index contributed by atoms with van der Waals surface area (Å²) < 4.78 is 1.96. The topological polar surface area (TPSA) is 58.9 Å². The van der Waals surface area contributed by atoms with Crippen LogP contribution >= 0.6 is 0 Å². The predicted molar refractivity (Wildman–Crippen MR) is 77.2 cm³/mol. The Kier molecular flexibility index (Phi) is 4.31. The Balaban J connectivity index is 1.63. The number of aromatic nitrogens is 4. The first kappa shape index (κ1) is 13.9. The highest BCUT2D eigenvalue weighted by atomic mass is 15.5. The fraction of sp³-hybridized carbons (Fsp3) is 0.929. The van der Waals surface area contributed by atoms with Crippen LogP contribution in [-0.2, 0) is 13.1 Å². The Labute approximate surface area is 120 Å². The van der Waals surface area contributed by atoms with Crippen molar-refractivity contribution in [3.63, 3.8) is 0 Å². The van der Waals surface area contributed by atoms with Crippen LogP contribution in [0, 0.1) is 5.41 Å². The van der Waals surface area contributed by atoms with Crippen molar-refractivity contribution >= 4 is 0 Å². The molecule has 20 heavy (non-hydrogen) atoms. The van der Waals surface area contributed by atoms with Crippen LogP contribution in [0.3, 0.4) is 0 Å². The van der Waals surface area contributed by atoms with Crippen molar-refractivity contribution in [2.24, 2.45) is 5.41 Å². The first-order valence-corrected chi connectivity index (χ1v) is 7.99. The molecule has 0 aliphatic carbocycles.